The number of hydrogen-bond donors (Lipinski definition) is 4. The van der Waals surface area contributed by atoms with E-state index < -0.39 is 46.8 Å². The Kier molecular flexibility index (Phi) is 14.0. The van der Waals surface area contributed by atoms with E-state index in [1.54, 1.807) is 109 Å². The second-order valence-electron chi connectivity index (χ2n) is 18.6. The van der Waals surface area contributed by atoms with Crippen molar-refractivity contribution in [3.8, 4) is 40.1 Å². The zero-order valence-corrected chi connectivity index (χ0v) is 41.3. The van der Waals surface area contributed by atoms with Crippen LogP contribution >= 0.6 is 0 Å². The summed E-state index contributed by atoms with van der Waals surface area (Å²) < 4.78 is 57.7. The highest BCUT2D eigenvalue weighted by Gasteiger charge is 2.53. The van der Waals surface area contributed by atoms with Crippen molar-refractivity contribution in [2.45, 2.75) is 37.5 Å². The van der Waals surface area contributed by atoms with Gasteiger partial charge in [-0.1, -0.05) is 30.7 Å². The Bertz CT molecular complexity index is 3750. The fourth-order valence-electron chi connectivity index (χ4n) is 9.90. The van der Waals surface area contributed by atoms with Crippen molar-refractivity contribution < 1.29 is 66.3 Å². The number of halogens is 3. The Morgan fingerprint density at radius 3 is 2.06 bits per heavy atom. The van der Waals surface area contributed by atoms with Crippen molar-refractivity contribution in [1.29, 1.82) is 5.26 Å². The number of ether oxygens (including phenoxy) is 2. The van der Waals surface area contributed by atoms with Crippen LogP contribution in [0.25, 0.3) is 22.5 Å². The van der Waals surface area contributed by atoms with E-state index in [1.165, 1.54) is 18.2 Å². The van der Waals surface area contributed by atoms with Crippen LogP contribution in [0.3, 0.4) is 0 Å². The van der Waals surface area contributed by atoms with Crippen molar-refractivity contribution in [3.05, 3.63) is 233 Å². The van der Waals surface area contributed by atoms with Crippen molar-refractivity contribution >= 4 is 40.9 Å². The predicted octanol–water partition coefficient (Wildman–Crippen LogP) is 11.4. The quantitative estimate of drug-likeness (QED) is 0.0222. The van der Waals surface area contributed by atoms with Crippen LogP contribution in [0.1, 0.15) is 78.2 Å². The van der Waals surface area contributed by atoms with Crippen molar-refractivity contribution in [1.82, 2.24) is 0 Å². The molecule has 1 spiro atoms. The summed E-state index contributed by atoms with van der Waals surface area (Å²) in [5.41, 5.74) is 4.80. The smallest absolute Gasteiger partial charge is 0.416 e. The van der Waals surface area contributed by atoms with E-state index in [0.29, 0.717) is 77.4 Å². The monoisotopic (exact) mass is 1050 g/mol. The first-order chi connectivity index (χ1) is 37.6. The maximum atomic E-state index is 13.7. The van der Waals surface area contributed by atoms with Gasteiger partial charge in [-0.2, -0.15) is 27.6 Å². The molecule has 6 aromatic carbocycles. The van der Waals surface area contributed by atoms with Crippen molar-refractivity contribution in [2.24, 2.45) is 0 Å². The second-order valence-corrected chi connectivity index (χ2v) is 18.6. The number of esters is 1. The zero-order chi connectivity index (χ0) is 54.7. The lowest BCUT2D eigenvalue weighted by molar-refractivity contribution is -0.596. The number of alkyl halides is 3. The lowest BCUT2D eigenvalue weighted by Gasteiger charge is -2.37. The number of benzene rings is 6. The highest BCUT2D eigenvalue weighted by atomic mass is 19.4. The van der Waals surface area contributed by atoms with E-state index >= 15 is 0 Å². The molecule has 0 aliphatic carbocycles. The number of nitrogens with zero attached hydrogens (tertiary/aromatic N) is 4. The number of nitriles is 1. The number of unbranched alkanes of at least 4 members (excludes halogenated alkanes) is 2. The first kappa shape index (κ1) is 51.4. The number of fused-ring (bicyclic) bond motifs is 6. The average Bonchev–Trinajstić information content (AvgIpc) is 3.49. The van der Waals surface area contributed by atoms with E-state index in [0.717, 1.165) is 40.2 Å². The van der Waals surface area contributed by atoms with E-state index in [4.69, 9.17) is 9.47 Å². The number of carboxylic acid groups (broad SMARTS) is 3. The van der Waals surface area contributed by atoms with Crippen LogP contribution in [0.5, 0.6) is 11.5 Å². The normalized spacial score (nSPS) is 14.3. The first-order valence-electron chi connectivity index (χ1n) is 24.7. The highest BCUT2D eigenvalue weighted by molar-refractivity contribution is 5.97. The zero-order valence-electron chi connectivity index (χ0n) is 41.3. The summed E-state index contributed by atoms with van der Waals surface area (Å²) in [5.74, 6) is -3.38. The van der Waals surface area contributed by atoms with Gasteiger partial charge < -0.3 is 35.0 Å². The Hall–Kier alpha value is -10.1. The lowest BCUT2D eigenvalue weighted by atomic mass is 9.77. The third-order valence-corrected chi connectivity index (χ3v) is 13.8. The molecule has 0 radical (unpaired) electrons. The van der Waals surface area contributed by atoms with Crippen LogP contribution < -0.4 is 24.1 Å². The maximum absolute atomic E-state index is 13.7. The fraction of sp³-hybridized carbons (Fsp3) is 0.131. The molecule has 4 N–H and O–H groups in total. The molecule has 1 unspecified atom stereocenters. The lowest BCUT2D eigenvalue weighted by Crippen LogP contribution is -2.33. The molecule has 8 aromatic rings. The molecule has 0 saturated carbocycles. The van der Waals surface area contributed by atoms with E-state index in [9.17, 15) is 52.9 Å². The number of aliphatic carboxylic acids is 1. The molecule has 78 heavy (non-hydrogen) atoms. The summed E-state index contributed by atoms with van der Waals surface area (Å²) in [4.78, 5) is 51.0. The number of carboxylic acids is 3. The number of carbonyl (C=O) groups is 4. The number of aromatic carboxylic acids is 2. The standard InChI is InChI=1S/C61H44F3N5O9/c62-61(63,64)44-8-6-9-45(34-44)66-46-15-21-54-52(35-46)60(50-11-4-3-10-49(50)59(76)78-60)51-19-18-48(36-55(51)77-54)67(30-26-43(37-65)58(74)75)27-5-1-2-7-41-33-42(57(72)73)14-20-53(41)69-31-24-39(25-32-69)38-22-28-68(29-23-38)47-16-12-40(13-17-47)56(70)71/h3-4,6,8-26,28-29,31-36,66H,1-2,5,7,27,30H2,(H-2,70,71,72,73,74,75)/p+2/b43-26-. The molecule has 0 amide bonds. The van der Waals surface area contributed by atoms with Crippen LogP contribution in [0, 0.1) is 11.3 Å². The number of anilines is 3. The van der Waals surface area contributed by atoms with Gasteiger partial charge in [0, 0.05) is 101 Å². The van der Waals surface area contributed by atoms with Gasteiger partial charge in [-0.3, -0.25) is 0 Å². The van der Waals surface area contributed by atoms with Crippen LogP contribution in [0.4, 0.5) is 30.2 Å². The van der Waals surface area contributed by atoms with Gasteiger partial charge in [-0.25, -0.2) is 19.2 Å². The highest BCUT2D eigenvalue weighted by Crippen LogP contribution is 2.57. The maximum Gasteiger partial charge on any atom is 0.416 e. The predicted molar refractivity (Wildman–Crippen MR) is 279 cm³/mol. The Morgan fingerprint density at radius 1 is 0.679 bits per heavy atom. The average molecular weight is 1050 g/mol. The summed E-state index contributed by atoms with van der Waals surface area (Å²) in [6, 6.07) is 43.2. The molecule has 0 fully saturated rings. The molecule has 1 atom stereocenters. The van der Waals surface area contributed by atoms with Gasteiger partial charge in [0.05, 0.1) is 22.3 Å². The molecule has 2 aromatic heterocycles. The number of nitrogens with one attached hydrogen (secondary N) is 1. The Labute approximate surface area is 444 Å². The number of pyridine rings is 2. The Balaban J connectivity index is 0.882. The minimum atomic E-state index is -4.56. The number of carbonyl (C=O) groups excluding carboxylic acids is 1. The SMILES string of the molecule is N#C/C(=C/CN(CCCCCc1cc(C(=O)O)ccc1-[n+]1ccc(-c2cc[n+](-c3ccc(C(=O)O)cc3)cc2)cc1)c1ccc2c(c1)Oc1ccc(Nc3cccc(C(F)(F)F)c3)cc1C21OC(=O)c2ccccc21)C(=O)O. The molecule has 10 rings (SSSR count). The molecule has 0 saturated heterocycles. The summed E-state index contributed by atoms with van der Waals surface area (Å²) in [7, 11) is 0. The van der Waals surface area contributed by atoms with Crippen molar-refractivity contribution in [2.75, 3.05) is 23.3 Å². The summed E-state index contributed by atoms with van der Waals surface area (Å²) in [6.07, 6.45) is 6.83. The third-order valence-electron chi connectivity index (χ3n) is 13.8. The molecular formula is C61H46F3N5O9+2. The molecule has 2 aliphatic rings. The van der Waals surface area contributed by atoms with Gasteiger partial charge in [-0.05, 0) is 115 Å². The first-order valence-corrected chi connectivity index (χ1v) is 24.7. The van der Waals surface area contributed by atoms with E-state index in [-0.39, 0.29) is 23.4 Å². The summed E-state index contributed by atoms with van der Waals surface area (Å²) in [6.45, 7) is 0.424. The summed E-state index contributed by atoms with van der Waals surface area (Å²) in [5, 5.41) is 41.7. The number of hydrogen-bond acceptors (Lipinski definition) is 9. The number of rotatable bonds is 17. The van der Waals surface area contributed by atoms with Gasteiger partial charge in [0.2, 0.25) is 11.4 Å². The van der Waals surface area contributed by atoms with Crippen LogP contribution in [-0.2, 0) is 27.7 Å². The number of aromatic nitrogens is 2. The fourth-order valence-corrected chi connectivity index (χ4v) is 9.90. The third kappa shape index (κ3) is 10.3. The molecule has 0 bridgehead atoms. The molecule has 388 valence electrons. The van der Waals surface area contributed by atoms with Crippen LogP contribution in [-0.4, -0.2) is 52.3 Å². The number of aryl methyl sites for hydroxylation is 1. The molecule has 4 heterocycles. The summed E-state index contributed by atoms with van der Waals surface area (Å²) >= 11 is 0. The second kappa shape index (κ2) is 21.3. The molecule has 17 heteroatoms. The van der Waals surface area contributed by atoms with Gasteiger partial charge in [0.25, 0.3) is 0 Å². The van der Waals surface area contributed by atoms with Crippen molar-refractivity contribution in [3.63, 3.8) is 0 Å². The van der Waals surface area contributed by atoms with Crippen LogP contribution in [0.2, 0.25) is 0 Å². The molecule has 14 nitrogen and oxygen atoms in total. The Morgan fingerprint density at radius 2 is 1.37 bits per heavy atom. The van der Waals surface area contributed by atoms with Gasteiger partial charge in [0.1, 0.15) is 23.1 Å². The topological polar surface area (TPSA) is 194 Å². The van der Waals surface area contributed by atoms with E-state index in [2.05, 4.69) is 5.32 Å². The van der Waals surface area contributed by atoms with Crippen LogP contribution in [0.15, 0.2) is 188 Å². The molecule has 2 aliphatic heterocycles. The minimum absolute atomic E-state index is 0.0287. The van der Waals surface area contributed by atoms with Gasteiger partial charge in [-0.15, -0.1) is 0 Å². The minimum Gasteiger partial charge on any atom is -0.478 e. The largest absolute Gasteiger partial charge is 0.478 e. The molecular weight excluding hydrogens is 1000 g/mol. The van der Waals surface area contributed by atoms with E-state index in [1.807, 2.05) is 63.1 Å². The van der Waals surface area contributed by atoms with Gasteiger partial charge >= 0.3 is 30.1 Å². The van der Waals surface area contributed by atoms with Gasteiger partial charge in [0.15, 0.2) is 30.4 Å².